The summed E-state index contributed by atoms with van der Waals surface area (Å²) in [5.41, 5.74) is 7.92. The van der Waals surface area contributed by atoms with E-state index < -0.39 is 41.6 Å². The highest BCUT2D eigenvalue weighted by Crippen LogP contribution is 2.16. The van der Waals surface area contributed by atoms with E-state index in [-0.39, 0.29) is 18.8 Å². The number of primary amides is 1. The first-order valence-electron chi connectivity index (χ1n) is 11.5. The van der Waals surface area contributed by atoms with Crippen LogP contribution in [0.15, 0.2) is 30.3 Å². The van der Waals surface area contributed by atoms with Gasteiger partial charge in [0.25, 0.3) is 0 Å². The molecule has 9 nitrogen and oxygen atoms in total. The molecule has 0 aliphatic rings. The predicted octanol–water partition coefficient (Wildman–Crippen LogP) is 1.82. The fourth-order valence-electron chi connectivity index (χ4n) is 3.57. The third-order valence-electron chi connectivity index (χ3n) is 5.37. The van der Waals surface area contributed by atoms with Crippen molar-refractivity contribution in [3.05, 3.63) is 35.9 Å². The van der Waals surface area contributed by atoms with Gasteiger partial charge in [-0.3, -0.25) is 24.4 Å². The first kappa shape index (κ1) is 28.1. The molecule has 6 N–H and O–H groups in total. The summed E-state index contributed by atoms with van der Waals surface area (Å²) in [7, 11) is 0. The van der Waals surface area contributed by atoms with Crippen LogP contribution in [0.1, 0.15) is 64.9 Å². The lowest BCUT2D eigenvalue weighted by atomic mass is 9.95. The molecule has 184 valence electrons. The van der Waals surface area contributed by atoms with Crippen molar-refractivity contribution in [3.63, 3.8) is 0 Å². The highest BCUT2D eigenvalue weighted by Gasteiger charge is 2.29. The number of rotatable bonds is 15. The smallest absolute Gasteiger partial charge is 0.244 e. The van der Waals surface area contributed by atoms with Crippen LogP contribution in [-0.2, 0) is 25.6 Å². The Morgan fingerprint density at radius 3 is 2.15 bits per heavy atom. The highest BCUT2D eigenvalue weighted by atomic mass is 16.5. The summed E-state index contributed by atoms with van der Waals surface area (Å²) in [5.74, 6) is -2.86. The molecule has 1 aromatic carbocycles. The molecule has 9 heteroatoms. The van der Waals surface area contributed by atoms with E-state index in [1.54, 1.807) is 5.48 Å². The minimum absolute atomic E-state index is 0.0847. The van der Waals surface area contributed by atoms with Crippen LogP contribution in [0.2, 0.25) is 0 Å². The van der Waals surface area contributed by atoms with E-state index in [4.69, 9.17) is 10.9 Å². The molecule has 33 heavy (non-hydrogen) atoms. The van der Waals surface area contributed by atoms with E-state index in [0.717, 1.165) is 24.8 Å². The number of hydrogen-bond acceptors (Lipinski definition) is 5. The molecule has 0 bridgehead atoms. The zero-order chi connectivity index (χ0) is 24.8. The average molecular weight is 463 g/mol. The molecule has 0 saturated heterocycles. The third kappa shape index (κ3) is 11.0. The molecule has 4 amide bonds. The molecular formula is C24H38N4O5. The number of nitrogens with one attached hydrogen (secondary N) is 3. The van der Waals surface area contributed by atoms with Crippen LogP contribution in [0.3, 0.4) is 0 Å². The van der Waals surface area contributed by atoms with E-state index in [1.165, 1.54) is 0 Å². The van der Waals surface area contributed by atoms with Gasteiger partial charge in [-0.15, -0.1) is 0 Å². The van der Waals surface area contributed by atoms with Crippen molar-refractivity contribution in [2.75, 3.05) is 0 Å². The van der Waals surface area contributed by atoms with Crippen LogP contribution in [-0.4, -0.2) is 40.9 Å². The molecule has 0 aliphatic carbocycles. The van der Waals surface area contributed by atoms with Crippen LogP contribution < -0.4 is 21.8 Å². The summed E-state index contributed by atoms with van der Waals surface area (Å²) >= 11 is 0. The molecular weight excluding hydrogens is 424 g/mol. The Hall–Kier alpha value is -2.94. The van der Waals surface area contributed by atoms with Gasteiger partial charge in [0.05, 0.1) is 0 Å². The number of benzene rings is 1. The van der Waals surface area contributed by atoms with E-state index in [2.05, 4.69) is 10.6 Å². The minimum atomic E-state index is -0.924. The number of hydrogen-bond donors (Lipinski definition) is 5. The Balaban J connectivity index is 2.93. The van der Waals surface area contributed by atoms with E-state index in [0.29, 0.717) is 12.8 Å². The fourth-order valence-corrected chi connectivity index (χ4v) is 3.57. The van der Waals surface area contributed by atoms with Gasteiger partial charge in [0.2, 0.25) is 23.6 Å². The number of carbonyl (C=O) groups excluding carboxylic acids is 4. The highest BCUT2D eigenvalue weighted by molar-refractivity contribution is 5.93. The maximum absolute atomic E-state index is 13.0. The van der Waals surface area contributed by atoms with Gasteiger partial charge < -0.3 is 16.4 Å². The summed E-state index contributed by atoms with van der Waals surface area (Å²) in [6, 6.07) is 7.37. The maximum atomic E-state index is 13.0. The van der Waals surface area contributed by atoms with Crippen LogP contribution in [0.4, 0.5) is 0 Å². The number of unbranched alkanes of at least 4 members (excludes halogenated alkanes) is 2. The summed E-state index contributed by atoms with van der Waals surface area (Å²) in [6.07, 6.45) is 3.47. The topological polar surface area (TPSA) is 151 Å². The average Bonchev–Trinajstić information content (AvgIpc) is 2.77. The first-order chi connectivity index (χ1) is 15.7. The summed E-state index contributed by atoms with van der Waals surface area (Å²) in [6.45, 7) is 5.86. The SMILES string of the molecule is CCCCCC(CC(=O)NO)C(=O)N[C@@H](CC(C)C)C(=O)N[C@@H](Cc1ccccc1)C(N)=O. The molecule has 3 atom stereocenters. The van der Waals surface area contributed by atoms with Gasteiger partial charge in [-0.1, -0.05) is 70.4 Å². The third-order valence-corrected chi connectivity index (χ3v) is 5.37. The van der Waals surface area contributed by atoms with Crippen molar-refractivity contribution in [2.24, 2.45) is 17.6 Å². The van der Waals surface area contributed by atoms with Crippen LogP contribution in [0.5, 0.6) is 0 Å². The molecule has 0 saturated carbocycles. The second kappa shape index (κ2) is 15.0. The first-order valence-corrected chi connectivity index (χ1v) is 11.5. The second-order valence-electron chi connectivity index (χ2n) is 8.78. The van der Waals surface area contributed by atoms with Crippen LogP contribution >= 0.6 is 0 Å². The zero-order valence-electron chi connectivity index (χ0n) is 19.8. The van der Waals surface area contributed by atoms with Gasteiger partial charge in [0, 0.05) is 18.8 Å². The Labute approximate surface area is 195 Å². The Kier molecular flexibility index (Phi) is 12.8. The van der Waals surface area contributed by atoms with E-state index in [1.807, 2.05) is 51.1 Å². The molecule has 0 radical (unpaired) electrons. The largest absolute Gasteiger partial charge is 0.368 e. The van der Waals surface area contributed by atoms with Gasteiger partial charge in [0.1, 0.15) is 12.1 Å². The monoisotopic (exact) mass is 462 g/mol. The van der Waals surface area contributed by atoms with E-state index >= 15 is 0 Å². The van der Waals surface area contributed by atoms with Crippen molar-refractivity contribution in [1.82, 2.24) is 16.1 Å². The van der Waals surface area contributed by atoms with Gasteiger partial charge in [-0.25, -0.2) is 5.48 Å². The van der Waals surface area contributed by atoms with Crippen LogP contribution in [0, 0.1) is 11.8 Å². The molecule has 0 aliphatic heterocycles. The molecule has 0 fully saturated rings. The normalized spacial score (nSPS) is 13.6. The van der Waals surface area contributed by atoms with Gasteiger partial charge in [-0.05, 0) is 24.3 Å². The van der Waals surface area contributed by atoms with Crippen LogP contribution in [0.25, 0.3) is 0 Å². The molecule has 0 spiro atoms. The lowest BCUT2D eigenvalue weighted by Crippen LogP contribution is -2.54. The van der Waals surface area contributed by atoms with Crippen molar-refractivity contribution in [1.29, 1.82) is 0 Å². The minimum Gasteiger partial charge on any atom is -0.368 e. The maximum Gasteiger partial charge on any atom is 0.244 e. The number of carbonyl (C=O) groups is 4. The summed E-state index contributed by atoms with van der Waals surface area (Å²) in [4.78, 5) is 49.6. The molecule has 1 aromatic rings. The van der Waals surface area contributed by atoms with Crippen molar-refractivity contribution < 1.29 is 24.4 Å². The quantitative estimate of drug-likeness (QED) is 0.153. The van der Waals surface area contributed by atoms with Gasteiger partial charge in [-0.2, -0.15) is 0 Å². The molecule has 1 unspecified atom stereocenters. The molecule has 0 aromatic heterocycles. The number of amides is 4. The van der Waals surface area contributed by atoms with Crippen molar-refractivity contribution in [3.8, 4) is 0 Å². The van der Waals surface area contributed by atoms with E-state index in [9.17, 15) is 19.2 Å². The molecule has 0 heterocycles. The number of nitrogens with two attached hydrogens (primary N) is 1. The summed E-state index contributed by atoms with van der Waals surface area (Å²) < 4.78 is 0. The Morgan fingerprint density at radius 1 is 0.970 bits per heavy atom. The Morgan fingerprint density at radius 2 is 1.61 bits per heavy atom. The van der Waals surface area contributed by atoms with Gasteiger partial charge >= 0.3 is 0 Å². The lowest BCUT2D eigenvalue weighted by Gasteiger charge is -2.25. The fraction of sp³-hybridized carbons (Fsp3) is 0.583. The van der Waals surface area contributed by atoms with Gasteiger partial charge in [0.15, 0.2) is 0 Å². The standard InChI is InChI=1S/C24H38N4O5/c1-4-5-7-12-18(15-21(29)28-33)23(31)27-20(13-16(2)3)24(32)26-19(22(25)30)14-17-10-8-6-9-11-17/h6,8-11,16,18-20,33H,4-5,7,12-15H2,1-3H3,(H2,25,30)(H,26,32)(H,27,31)(H,28,29)/t18?,19-,20-/m0/s1. The summed E-state index contributed by atoms with van der Waals surface area (Å²) in [5, 5.41) is 14.3. The van der Waals surface area contributed by atoms with Crippen molar-refractivity contribution >= 4 is 23.6 Å². The number of hydroxylamine groups is 1. The van der Waals surface area contributed by atoms with Crippen molar-refractivity contribution in [2.45, 2.75) is 77.8 Å². The lowest BCUT2D eigenvalue weighted by molar-refractivity contribution is -0.137. The molecule has 1 rings (SSSR count). The predicted molar refractivity (Wildman–Crippen MR) is 125 cm³/mol. The zero-order valence-corrected chi connectivity index (χ0v) is 19.8. The Bertz CT molecular complexity index is 769. The second-order valence-corrected chi connectivity index (χ2v) is 8.78.